The van der Waals surface area contributed by atoms with Crippen LogP contribution in [0.15, 0.2) is 12.2 Å². The number of ether oxygens (including phenoxy) is 3. The molecule has 0 heterocycles. The Bertz CT molecular complexity index is 509. The Morgan fingerprint density at radius 3 is 2.19 bits per heavy atom. The van der Waals surface area contributed by atoms with E-state index in [0.29, 0.717) is 12.5 Å². The zero-order valence-electron chi connectivity index (χ0n) is 16.9. The molecule has 0 aromatic rings. The summed E-state index contributed by atoms with van der Waals surface area (Å²) < 4.78 is 15.3. The normalized spacial score (nSPS) is 16.4. The summed E-state index contributed by atoms with van der Waals surface area (Å²) >= 11 is 0. The van der Waals surface area contributed by atoms with Crippen molar-refractivity contribution in [3.8, 4) is 0 Å². The van der Waals surface area contributed by atoms with Gasteiger partial charge >= 0.3 is 18.0 Å². The van der Waals surface area contributed by atoms with Gasteiger partial charge in [0.1, 0.15) is 6.61 Å². The summed E-state index contributed by atoms with van der Waals surface area (Å²) in [5, 5.41) is 2.75. The van der Waals surface area contributed by atoms with Gasteiger partial charge in [-0.3, -0.25) is 0 Å². The number of hydrogen-bond donors (Lipinski definition) is 1. The standard InChI is InChI=1S/C20H33NO6/c1-14(2)17(13-25-18(22)10-11-19(23)27-15(3)4)21-20(24)26-12-16-8-6-5-7-9-16/h10-11,14-17H,5-9,12-13H2,1-4H3,(H,21,24). The molecule has 0 saturated heterocycles. The molecule has 1 saturated carbocycles. The first-order valence-corrected chi connectivity index (χ1v) is 9.76. The molecule has 154 valence electrons. The smallest absolute Gasteiger partial charge is 0.407 e. The molecule has 0 aliphatic heterocycles. The molecule has 1 amide bonds. The third-order valence-electron chi connectivity index (χ3n) is 4.40. The molecule has 1 fully saturated rings. The molecule has 0 aromatic heterocycles. The minimum absolute atomic E-state index is 0.00139. The summed E-state index contributed by atoms with van der Waals surface area (Å²) in [6.45, 7) is 7.69. The molecule has 27 heavy (non-hydrogen) atoms. The highest BCUT2D eigenvalue weighted by molar-refractivity contribution is 5.91. The number of amides is 1. The first-order valence-electron chi connectivity index (χ1n) is 9.76. The van der Waals surface area contributed by atoms with Gasteiger partial charge < -0.3 is 19.5 Å². The summed E-state index contributed by atoms with van der Waals surface area (Å²) in [6, 6.07) is -0.371. The summed E-state index contributed by atoms with van der Waals surface area (Å²) in [6.07, 6.45) is 7.14. The summed E-state index contributed by atoms with van der Waals surface area (Å²) in [7, 11) is 0. The van der Waals surface area contributed by atoms with E-state index in [1.807, 2.05) is 13.8 Å². The average Bonchev–Trinajstić information content (AvgIpc) is 2.61. The number of alkyl carbamates (subject to hydrolysis) is 1. The average molecular weight is 383 g/mol. The van der Waals surface area contributed by atoms with Gasteiger partial charge in [0.25, 0.3) is 0 Å². The second-order valence-corrected chi connectivity index (χ2v) is 7.55. The number of rotatable bonds is 9. The first-order chi connectivity index (χ1) is 12.8. The van der Waals surface area contributed by atoms with Crippen molar-refractivity contribution < 1.29 is 28.6 Å². The quantitative estimate of drug-likeness (QED) is 0.373. The molecule has 1 rings (SSSR count). The maximum absolute atomic E-state index is 12.0. The lowest BCUT2D eigenvalue weighted by atomic mass is 9.90. The van der Waals surface area contributed by atoms with E-state index in [0.717, 1.165) is 25.0 Å². The van der Waals surface area contributed by atoms with Crippen molar-refractivity contribution in [2.75, 3.05) is 13.2 Å². The van der Waals surface area contributed by atoms with E-state index in [2.05, 4.69) is 5.32 Å². The summed E-state index contributed by atoms with van der Waals surface area (Å²) in [4.78, 5) is 35.1. The zero-order valence-corrected chi connectivity index (χ0v) is 16.9. The highest BCUT2D eigenvalue weighted by Crippen LogP contribution is 2.23. The Hall–Kier alpha value is -2.05. The van der Waals surface area contributed by atoms with Crippen LogP contribution in [0.5, 0.6) is 0 Å². The van der Waals surface area contributed by atoms with Crippen LogP contribution in [0.25, 0.3) is 0 Å². The van der Waals surface area contributed by atoms with Crippen molar-refractivity contribution in [3.05, 3.63) is 12.2 Å². The van der Waals surface area contributed by atoms with E-state index in [1.54, 1.807) is 13.8 Å². The van der Waals surface area contributed by atoms with Crippen LogP contribution in [0.2, 0.25) is 0 Å². The third kappa shape index (κ3) is 10.6. The maximum Gasteiger partial charge on any atom is 0.407 e. The Kier molecular flexibility index (Phi) is 10.5. The first kappa shape index (κ1) is 23.0. The Labute approximate surface area is 161 Å². The fourth-order valence-corrected chi connectivity index (χ4v) is 2.77. The summed E-state index contributed by atoms with van der Waals surface area (Å²) in [5.74, 6) is -0.781. The molecule has 1 N–H and O–H groups in total. The van der Waals surface area contributed by atoms with Gasteiger partial charge in [0.05, 0.1) is 18.8 Å². The molecule has 0 bridgehead atoms. The van der Waals surface area contributed by atoms with E-state index in [9.17, 15) is 14.4 Å². The van der Waals surface area contributed by atoms with Crippen molar-refractivity contribution in [3.63, 3.8) is 0 Å². The topological polar surface area (TPSA) is 90.9 Å². The molecule has 0 spiro atoms. The number of hydrogen-bond acceptors (Lipinski definition) is 6. The second-order valence-electron chi connectivity index (χ2n) is 7.55. The van der Waals surface area contributed by atoms with E-state index < -0.39 is 18.0 Å². The van der Waals surface area contributed by atoms with Crippen LogP contribution >= 0.6 is 0 Å². The van der Waals surface area contributed by atoms with Crippen LogP contribution in [0.4, 0.5) is 4.79 Å². The molecule has 0 radical (unpaired) electrons. The van der Waals surface area contributed by atoms with Crippen LogP contribution < -0.4 is 5.32 Å². The molecular formula is C20H33NO6. The van der Waals surface area contributed by atoms with Gasteiger partial charge in [0, 0.05) is 12.2 Å². The Morgan fingerprint density at radius 1 is 0.963 bits per heavy atom. The predicted octanol–water partition coefficient (Wildman–Crippen LogP) is 3.37. The van der Waals surface area contributed by atoms with Gasteiger partial charge in [0.15, 0.2) is 0 Å². The largest absolute Gasteiger partial charge is 0.460 e. The van der Waals surface area contributed by atoms with E-state index in [1.165, 1.54) is 19.3 Å². The monoisotopic (exact) mass is 383 g/mol. The molecule has 7 nitrogen and oxygen atoms in total. The van der Waals surface area contributed by atoms with Crippen LogP contribution in [0.3, 0.4) is 0 Å². The van der Waals surface area contributed by atoms with Crippen LogP contribution in [0.1, 0.15) is 59.8 Å². The van der Waals surface area contributed by atoms with Crippen molar-refractivity contribution in [2.45, 2.75) is 71.9 Å². The number of carbonyl (C=O) groups excluding carboxylic acids is 3. The summed E-state index contributed by atoms with van der Waals surface area (Å²) in [5.41, 5.74) is 0. The van der Waals surface area contributed by atoms with Crippen molar-refractivity contribution in [1.82, 2.24) is 5.32 Å². The molecule has 7 heteroatoms. The highest BCUT2D eigenvalue weighted by Gasteiger charge is 2.20. The van der Waals surface area contributed by atoms with Crippen molar-refractivity contribution >= 4 is 18.0 Å². The minimum atomic E-state index is -0.668. The fourth-order valence-electron chi connectivity index (χ4n) is 2.77. The van der Waals surface area contributed by atoms with Gasteiger partial charge in [-0.1, -0.05) is 33.1 Å². The minimum Gasteiger partial charge on any atom is -0.460 e. The lowest BCUT2D eigenvalue weighted by Gasteiger charge is -2.24. The molecule has 0 aromatic carbocycles. The van der Waals surface area contributed by atoms with Crippen LogP contribution in [-0.4, -0.2) is 43.4 Å². The SMILES string of the molecule is CC(C)OC(=O)C=CC(=O)OCC(NC(=O)OCC1CCCCC1)C(C)C. The molecule has 1 atom stereocenters. The molecular weight excluding hydrogens is 350 g/mol. The third-order valence-corrected chi connectivity index (χ3v) is 4.40. The van der Waals surface area contributed by atoms with Gasteiger partial charge in [-0.15, -0.1) is 0 Å². The Balaban J connectivity index is 2.35. The number of nitrogens with one attached hydrogen (secondary N) is 1. The second kappa shape index (κ2) is 12.4. The van der Waals surface area contributed by atoms with Gasteiger partial charge in [0.2, 0.25) is 0 Å². The molecule has 1 aliphatic carbocycles. The lowest BCUT2D eigenvalue weighted by Crippen LogP contribution is -2.43. The molecule has 1 unspecified atom stereocenters. The fraction of sp³-hybridized carbons (Fsp3) is 0.750. The van der Waals surface area contributed by atoms with E-state index >= 15 is 0 Å². The van der Waals surface area contributed by atoms with Crippen LogP contribution in [-0.2, 0) is 23.8 Å². The van der Waals surface area contributed by atoms with Crippen LogP contribution in [0, 0.1) is 11.8 Å². The van der Waals surface area contributed by atoms with Gasteiger partial charge in [-0.05, 0) is 38.5 Å². The zero-order chi connectivity index (χ0) is 20.2. The molecule has 1 aliphatic rings. The Morgan fingerprint density at radius 2 is 1.59 bits per heavy atom. The van der Waals surface area contributed by atoms with Gasteiger partial charge in [-0.2, -0.15) is 0 Å². The van der Waals surface area contributed by atoms with Gasteiger partial charge in [-0.25, -0.2) is 14.4 Å². The lowest BCUT2D eigenvalue weighted by molar-refractivity contribution is -0.143. The number of esters is 2. The maximum atomic E-state index is 12.0. The van der Waals surface area contributed by atoms with E-state index in [-0.39, 0.29) is 24.7 Å². The highest BCUT2D eigenvalue weighted by atomic mass is 16.6. The van der Waals surface area contributed by atoms with E-state index in [4.69, 9.17) is 14.2 Å². The van der Waals surface area contributed by atoms with Crippen molar-refractivity contribution in [2.24, 2.45) is 11.8 Å². The number of carbonyl (C=O) groups is 3. The predicted molar refractivity (Wildman–Crippen MR) is 101 cm³/mol. The van der Waals surface area contributed by atoms with Crippen molar-refractivity contribution in [1.29, 1.82) is 0 Å².